The highest BCUT2D eigenvalue weighted by Crippen LogP contribution is 2.30. The third-order valence-electron chi connectivity index (χ3n) is 7.17. The molecule has 0 aliphatic carbocycles. The molecule has 2 aromatic heterocycles. The molecule has 0 spiro atoms. The van der Waals surface area contributed by atoms with E-state index in [-0.39, 0.29) is 12.1 Å². The Hall–Kier alpha value is -5.16. The van der Waals surface area contributed by atoms with Gasteiger partial charge in [0.05, 0.1) is 19.7 Å². The summed E-state index contributed by atoms with van der Waals surface area (Å²) < 4.78 is 6.56. The Morgan fingerprint density at radius 3 is 2.37 bits per heavy atom. The zero-order valence-electron chi connectivity index (χ0n) is 24.0. The lowest BCUT2D eigenvalue weighted by atomic mass is 9.98. The topological polar surface area (TPSA) is 148 Å². The lowest BCUT2D eigenvalue weighted by Crippen LogP contribution is -2.48. The number of methoxy groups -OCH3 is 1. The molecule has 220 valence electrons. The Bertz CT molecular complexity index is 1650. The number of nitrogens with zero attached hydrogens (tertiary/aromatic N) is 5. The zero-order valence-corrected chi connectivity index (χ0v) is 24.0. The van der Waals surface area contributed by atoms with Crippen LogP contribution in [0.2, 0.25) is 0 Å². The van der Waals surface area contributed by atoms with Crippen LogP contribution in [0.25, 0.3) is 22.5 Å². The maximum absolute atomic E-state index is 13.3. The number of H-pyrrole nitrogens is 1. The van der Waals surface area contributed by atoms with Crippen LogP contribution in [0.1, 0.15) is 40.7 Å². The number of tetrazole rings is 1. The average Bonchev–Trinajstić information content (AvgIpc) is 3.72. The van der Waals surface area contributed by atoms with Crippen molar-refractivity contribution in [2.75, 3.05) is 7.11 Å². The average molecular weight is 580 g/mol. The lowest BCUT2D eigenvalue weighted by molar-refractivity contribution is -0.151. The predicted octanol–water partition coefficient (Wildman–Crippen LogP) is 3.61. The second-order valence-corrected chi connectivity index (χ2v) is 10.2. The molecule has 0 radical (unpaired) electrons. The van der Waals surface area contributed by atoms with Crippen LogP contribution in [0, 0.1) is 0 Å². The lowest BCUT2D eigenvalue weighted by Gasteiger charge is -2.22. The summed E-state index contributed by atoms with van der Waals surface area (Å²) in [5.74, 6) is -0.702. The minimum atomic E-state index is -1.53. The van der Waals surface area contributed by atoms with E-state index in [1.54, 1.807) is 6.07 Å². The molecule has 5 aromatic rings. The number of esters is 1. The maximum atomic E-state index is 13.3. The summed E-state index contributed by atoms with van der Waals surface area (Å²) >= 11 is 0. The number of aliphatic hydroxyl groups excluding tert-OH is 1. The van der Waals surface area contributed by atoms with Crippen molar-refractivity contribution in [2.24, 2.45) is 0 Å². The minimum Gasteiger partial charge on any atom is -0.467 e. The highest BCUT2D eigenvalue weighted by atomic mass is 16.5. The number of aryl methyl sites for hydroxylation is 1. The van der Waals surface area contributed by atoms with E-state index >= 15 is 0 Å². The van der Waals surface area contributed by atoms with E-state index in [2.05, 4.69) is 38.0 Å². The van der Waals surface area contributed by atoms with Crippen molar-refractivity contribution in [3.05, 3.63) is 107 Å². The first-order valence-electron chi connectivity index (χ1n) is 14.1. The number of benzene rings is 3. The number of hydrogen-bond acceptors (Lipinski definition) is 8. The predicted molar refractivity (Wildman–Crippen MR) is 160 cm³/mol. The van der Waals surface area contributed by atoms with E-state index in [0.29, 0.717) is 12.4 Å². The van der Waals surface area contributed by atoms with Gasteiger partial charge in [0, 0.05) is 11.3 Å². The molecule has 5 rings (SSSR count). The van der Waals surface area contributed by atoms with E-state index in [1.807, 2.05) is 83.5 Å². The van der Waals surface area contributed by atoms with Crippen LogP contribution in [-0.2, 0) is 28.9 Å². The van der Waals surface area contributed by atoms with Crippen LogP contribution in [0.3, 0.4) is 0 Å². The number of aliphatic hydroxyl groups is 1. The number of amides is 1. The quantitative estimate of drug-likeness (QED) is 0.190. The molecule has 11 nitrogen and oxygen atoms in total. The molecule has 2 atom stereocenters. The van der Waals surface area contributed by atoms with Crippen LogP contribution in [-0.4, -0.2) is 66.6 Å². The number of carbonyl (C=O) groups excluding carboxylic acids is 2. The Morgan fingerprint density at radius 1 is 0.977 bits per heavy atom. The Balaban J connectivity index is 1.34. The van der Waals surface area contributed by atoms with Gasteiger partial charge in [-0.05, 0) is 51.6 Å². The molecule has 11 heteroatoms. The second kappa shape index (κ2) is 13.7. The molecule has 43 heavy (non-hydrogen) atoms. The SMILES string of the molecule is CCCc1cc(C(=O)N[C@H](Cc2ccccc2)[C@@H](O)C(=O)OC)nn1Cc1ccc(-c2ccccc2-c2nnn[nH]2)cc1. The fourth-order valence-electron chi connectivity index (χ4n) is 4.97. The number of rotatable bonds is 12. The fourth-order valence-corrected chi connectivity index (χ4v) is 4.97. The monoisotopic (exact) mass is 579 g/mol. The normalized spacial score (nSPS) is 12.4. The summed E-state index contributed by atoms with van der Waals surface area (Å²) in [4.78, 5) is 25.5. The van der Waals surface area contributed by atoms with Crippen molar-refractivity contribution in [1.29, 1.82) is 0 Å². The van der Waals surface area contributed by atoms with Gasteiger partial charge >= 0.3 is 5.97 Å². The van der Waals surface area contributed by atoms with Crippen molar-refractivity contribution < 1.29 is 19.4 Å². The second-order valence-electron chi connectivity index (χ2n) is 10.2. The Labute approximate surface area is 248 Å². The van der Waals surface area contributed by atoms with E-state index in [0.717, 1.165) is 46.4 Å². The van der Waals surface area contributed by atoms with E-state index in [9.17, 15) is 14.7 Å². The van der Waals surface area contributed by atoms with Gasteiger partial charge in [-0.3, -0.25) is 9.48 Å². The summed E-state index contributed by atoms with van der Waals surface area (Å²) in [6.07, 6.45) is 0.315. The molecule has 0 aliphatic rings. The number of hydrogen-bond donors (Lipinski definition) is 3. The Morgan fingerprint density at radius 2 is 1.70 bits per heavy atom. The molecule has 0 bridgehead atoms. The van der Waals surface area contributed by atoms with Crippen LogP contribution >= 0.6 is 0 Å². The highest BCUT2D eigenvalue weighted by molar-refractivity contribution is 5.93. The summed E-state index contributed by atoms with van der Waals surface area (Å²) in [6, 6.07) is 26.2. The molecular weight excluding hydrogens is 546 g/mol. The summed E-state index contributed by atoms with van der Waals surface area (Å²) in [7, 11) is 1.20. The smallest absolute Gasteiger partial charge is 0.336 e. The minimum absolute atomic E-state index is 0.213. The number of nitrogens with one attached hydrogen (secondary N) is 2. The van der Waals surface area contributed by atoms with Gasteiger partial charge in [0.2, 0.25) is 0 Å². The number of aromatic nitrogens is 6. The molecule has 0 saturated carbocycles. The van der Waals surface area contributed by atoms with E-state index in [4.69, 9.17) is 4.74 Å². The van der Waals surface area contributed by atoms with Gasteiger partial charge in [-0.25, -0.2) is 9.89 Å². The Kier molecular flexibility index (Phi) is 9.33. The van der Waals surface area contributed by atoms with Crippen LogP contribution in [0.5, 0.6) is 0 Å². The van der Waals surface area contributed by atoms with Gasteiger partial charge in [-0.1, -0.05) is 92.2 Å². The van der Waals surface area contributed by atoms with Gasteiger partial charge in [-0.15, -0.1) is 5.10 Å². The van der Waals surface area contributed by atoms with Crippen molar-refractivity contribution in [3.8, 4) is 22.5 Å². The van der Waals surface area contributed by atoms with Crippen molar-refractivity contribution >= 4 is 11.9 Å². The van der Waals surface area contributed by atoms with Gasteiger partial charge in [-0.2, -0.15) is 5.10 Å². The standard InChI is InChI=1S/C32H33N7O4/c1-3-9-24-19-28(31(41)33-27(29(40)32(42)43-2)18-21-10-5-4-6-11-21)36-39(24)20-22-14-16-23(17-15-22)25-12-7-8-13-26(25)30-34-37-38-35-30/h4-8,10-17,19,27,29,40H,3,9,18,20H2,1-2H3,(H,33,41)(H,34,35,37,38)/t27-,29-/m1/s1. The number of ether oxygens (including phenoxy) is 1. The molecule has 3 N–H and O–H groups in total. The van der Waals surface area contributed by atoms with Crippen molar-refractivity contribution in [3.63, 3.8) is 0 Å². The number of aromatic amines is 1. The molecule has 0 unspecified atom stereocenters. The van der Waals surface area contributed by atoms with E-state index < -0.39 is 24.0 Å². The van der Waals surface area contributed by atoms with Crippen molar-refractivity contribution in [2.45, 2.75) is 44.9 Å². The van der Waals surface area contributed by atoms with Gasteiger partial charge in [0.1, 0.15) is 5.69 Å². The zero-order chi connectivity index (χ0) is 30.2. The van der Waals surface area contributed by atoms with Gasteiger partial charge in [0.25, 0.3) is 5.91 Å². The van der Waals surface area contributed by atoms with Crippen LogP contribution < -0.4 is 5.32 Å². The van der Waals surface area contributed by atoms with Crippen molar-refractivity contribution in [1.82, 2.24) is 35.7 Å². The molecule has 0 fully saturated rings. The first-order chi connectivity index (χ1) is 21.0. The molecule has 2 heterocycles. The first kappa shape index (κ1) is 29.3. The summed E-state index contributed by atoms with van der Waals surface area (Å²) in [5, 5.41) is 32.3. The molecular formula is C32H33N7O4. The van der Waals surface area contributed by atoms with Gasteiger partial charge < -0.3 is 15.2 Å². The van der Waals surface area contributed by atoms with Crippen LogP contribution in [0.4, 0.5) is 0 Å². The highest BCUT2D eigenvalue weighted by Gasteiger charge is 2.30. The molecule has 1 amide bonds. The number of carbonyl (C=O) groups is 2. The van der Waals surface area contributed by atoms with E-state index in [1.165, 1.54) is 7.11 Å². The summed E-state index contributed by atoms with van der Waals surface area (Å²) in [6.45, 7) is 2.53. The van der Waals surface area contributed by atoms with Crippen LogP contribution in [0.15, 0.2) is 84.9 Å². The third-order valence-corrected chi connectivity index (χ3v) is 7.17. The fraction of sp³-hybridized carbons (Fsp3) is 0.250. The molecule has 0 saturated heterocycles. The first-order valence-corrected chi connectivity index (χ1v) is 14.1. The maximum Gasteiger partial charge on any atom is 0.336 e. The molecule has 3 aromatic carbocycles. The largest absolute Gasteiger partial charge is 0.467 e. The van der Waals surface area contributed by atoms with Gasteiger partial charge in [0.15, 0.2) is 11.9 Å². The molecule has 0 aliphatic heterocycles. The summed E-state index contributed by atoms with van der Waals surface area (Å²) in [5.41, 5.74) is 5.90. The third kappa shape index (κ3) is 7.02.